The predicted octanol–water partition coefficient (Wildman–Crippen LogP) is 4.03. The number of hydrogen-bond acceptors (Lipinski definition) is 4. The van der Waals surface area contributed by atoms with Crippen molar-refractivity contribution in [3.8, 4) is 5.75 Å². The number of urea groups is 1. The Labute approximate surface area is 157 Å². The van der Waals surface area contributed by atoms with Gasteiger partial charge in [0.2, 0.25) is 5.91 Å². The van der Waals surface area contributed by atoms with E-state index in [-0.39, 0.29) is 17.9 Å². The number of thiophene rings is 1. The summed E-state index contributed by atoms with van der Waals surface area (Å²) in [6, 6.07) is 11.1. The second-order valence-electron chi connectivity index (χ2n) is 6.09. The van der Waals surface area contributed by atoms with E-state index in [9.17, 15) is 9.59 Å². The van der Waals surface area contributed by atoms with Gasteiger partial charge in [0.15, 0.2) is 0 Å². The fourth-order valence-electron chi connectivity index (χ4n) is 2.96. The van der Waals surface area contributed by atoms with Crippen LogP contribution in [0.3, 0.4) is 0 Å². The molecule has 0 spiro atoms. The third kappa shape index (κ3) is 4.54. The lowest BCUT2D eigenvalue weighted by Crippen LogP contribution is -2.43. The van der Waals surface area contributed by atoms with Crippen LogP contribution < -0.4 is 15.4 Å². The highest BCUT2D eigenvalue weighted by molar-refractivity contribution is 7.14. The van der Waals surface area contributed by atoms with Gasteiger partial charge in [-0.1, -0.05) is 12.1 Å². The van der Waals surface area contributed by atoms with E-state index in [0.29, 0.717) is 44.0 Å². The van der Waals surface area contributed by atoms with Gasteiger partial charge in [0.1, 0.15) is 5.75 Å². The number of anilines is 2. The molecule has 1 aliphatic heterocycles. The summed E-state index contributed by atoms with van der Waals surface area (Å²) in [6.45, 7) is 3.60. The van der Waals surface area contributed by atoms with E-state index in [1.807, 2.05) is 48.7 Å². The number of amides is 3. The Morgan fingerprint density at radius 2 is 1.92 bits per heavy atom. The fraction of sp³-hybridized carbons (Fsp3) is 0.368. The summed E-state index contributed by atoms with van der Waals surface area (Å²) >= 11 is 1.49. The van der Waals surface area contributed by atoms with Crippen LogP contribution in [-0.2, 0) is 4.79 Å². The van der Waals surface area contributed by atoms with Crippen LogP contribution in [0.1, 0.15) is 19.8 Å². The van der Waals surface area contributed by atoms with E-state index < -0.39 is 0 Å². The van der Waals surface area contributed by atoms with Crippen LogP contribution in [0, 0.1) is 5.92 Å². The minimum atomic E-state index is -0.104. The van der Waals surface area contributed by atoms with Crippen LogP contribution in [0.2, 0.25) is 0 Å². The molecular formula is C19H23N3O3S. The third-order valence-corrected chi connectivity index (χ3v) is 5.13. The Balaban J connectivity index is 1.51. The van der Waals surface area contributed by atoms with E-state index in [4.69, 9.17) is 4.74 Å². The van der Waals surface area contributed by atoms with E-state index in [0.717, 1.165) is 5.00 Å². The molecule has 0 aliphatic carbocycles. The van der Waals surface area contributed by atoms with Gasteiger partial charge in [-0.25, -0.2) is 4.79 Å². The first-order chi connectivity index (χ1) is 12.7. The zero-order valence-corrected chi connectivity index (χ0v) is 15.6. The first-order valence-electron chi connectivity index (χ1n) is 8.79. The summed E-state index contributed by atoms with van der Waals surface area (Å²) < 4.78 is 5.55. The number of benzene rings is 1. The van der Waals surface area contributed by atoms with Crippen molar-refractivity contribution in [2.45, 2.75) is 19.8 Å². The Morgan fingerprint density at radius 3 is 2.62 bits per heavy atom. The standard InChI is InChI=1S/C19H23N3O3S/c1-2-25-16-7-4-3-6-15(16)20-18(23)14-9-11-22(12-10-14)19(24)21-17-8-5-13-26-17/h3-8,13-14H,2,9-12H2,1H3,(H,20,23)(H,21,24). The maximum absolute atomic E-state index is 12.6. The maximum Gasteiger partial charge on any atom is 0.322 e. The second-order valence-corrected chi connectivity index (χ2v) is 7.03. The van der Waals surface area contributed by atoms with E-state index in [1.54, 1.807) is 4.90 Å². The van der Waals surface area contributed by atoms with Crippen molar-refractivity contribution in [1.82, 2.24) is 4.90 Å². The van der Waals surface area contributed by atoms with Crippen LogP contribution in [0.5, 0.6) is 5.75 Å². The summed E-state index contributed by atoms with van der Waals surface area (Å²) in [4.78, 5) is 26.6. The van der Waals surface area contributed by atoms with Crippen LogP contribution >= 0.6 is 11.3 Å². The van der Waals surface area contributed by atoms with E-state index >= 15 is 0 Å². The van der Waals surface area contributed by atoms with Crippen molar-refractivity contribution in [3.63, 3.8) is 0 Å². The van der Waals surface area contributed by atoms with Crippen LogP contribution in [0.4, 0.5) is 15.5 Å². The zero-order chi connectivity index (χ0) is 18.4. The molecule has 0 atom stereocenters. The van der Waals surface area contributed by atoms with Gasteiger partial charge in [0.25, 0.3) is 0 Å². The molecule has 0 saturated carbocycles. The normalized spacial score (nSPS) is 14.7. The predicted molar refractivity (Wildman–Crippen MR) is 104 cm³/mol. The van der Waals surface area contributed by atoms with Gasteiger partial charge < -0.3 is 15.0 Å². The van der Waals surface area contributed by atoms with Crippen molar-refractivity contribution in [2.75, 3.05) is 30.3 Å². The molecule has 1 aromatic heterocycles. The van der Waals surface area contributed by atoms with Crippen LogP contribution in [0.15, 0.2) is 41.8 Å². The second kappa shape index (κ2) is 8.71. The first-order valence-corrected chi connectivity index (χ1v) is 9.67. The van der Waals surface area contributed by atoms with Crippen molar-refractivity contribution in [2.24, 2.45) is 5.92 Å². The number of nitrogens with one attached hydrogen (secondary N) is 2. The van der Waals surface area contributed by atoms with E-state index in [2.05, 4.69) is 10.6 Å². The Kier molecular flexibility index (Phi) is 6.12. The number of nitrogens with zero attached hydrogens (tertiary/aromatic N) is 1. The molecule has 138 valence electrons. The van der Waals surface area contributed by atoms with Gasteiger partial charge in [-0.2, -0.15) is 0 Å². The summed E-state index contributed by atoms with van der Waals surface area (Å²) in [5.74, 6) is 0.557. The van der Waals surface area contributed by atoms with Crippen molar-refractivity contribution in [3.05, 3.63) is 41.8 Å². The van der Waals surface area contributed by atoms with Gasteiger partial charge in [-0.05, 0) is 49.4 Å². The molecule has 2 N–H and O–H groups in total. The highest BCUT2D eigenvalue weighted by atomic mass is 32.1. The molecule has 26 heavy (non-hydrogen) atoms. The number of para-hydroxylation sites is 2. The van der Waals surface area contributed by atoms with Crippen molar-refractivity contribution < 1.29 is 14.3 Å². The Hall–Kier alpha value is -2.54. The molecule has 3 rings (SSSR count). The average Bonchev–Trinajstić information content (AvgIpc) is 3.16. The summed E-state index contributed by atoms with van der Waals surface area (Å²) in [6.07, 6.45) is 1.31. The van der Waals surface area contributed by atoms with Gasteiger partial charge in [-0.15, -0.1) is 11.3 Å². The lowest BCUT2D eigenvalue weighted by atomic mass is 9.96. The van der Waals surface area contributed by atoms with Crippen LogP contribution in [0.25, 0.3) is 0 Å². The number of piperidine rings is 1. The molecule has 1 saturated heterocycles. The van der Waals surface area contributed by atoms with E-state index in [1.165, 1.54) is 11.3 Å². The molecule has 2 aromatic rings. The molecule has 7 heteroatoms. The Morgan fingerprint density at radius 1 is 1.15 bits per heavy atom. The molecule has 3 amide bonds. The summed E-state index contributed by atoms with van der Waals surface area (Å²) in [5, 5.41) is 8.61. The minimum absolute atomic E-state index is 0.0181. The highest BCUT2D eigenvalue weighted by Gasteiger charge is 2.28. The first kappa shape index (κ1) is 18.3. The lowest BCUT2D eigenvalue weighted by molar-refractivity contribution is -0.121. The SMILES string of the molecule is CCOc1ccccc1NC(=O)C1CCN(C(=O)Nc2cccs2)CC1. The van der Waals surface area contributed by atoms with Gasteiger partial charge in [0.05, 0.1) is 17.3 Å². The van der Waals surface area contributed by atoms with Gasteiger partial charge in [-0.3, -0.25) is 10.1 Å². The monoisotopic (exact) mass is 373 g/mol. The highest BCUT2D eigenvalue weighted by Crippen LogP contribution is 2.26. The summed E-state index contributed by atoms with van der Waals surface area (Å²) in [5.41, 5.74) is 0.692. The van der Waals surface area contributed by atoms with Crippen molar-refractivity contribution >= 4 is 34.0 Å². The number of rotatable bonds is 5. The number of likely N-dealkylation sites (tertiary alicyclic amines) is 1. The lowest BCUT2D eigenvalue weighted by Gasteiger charge is -2.31. The molecule has 6 nitrogen and oxygen atoms in total. The molecule has 1 aliphatic rings. The summed E-state index contributed by atoms with van der Waals surface area (Å²) in [7, 11) is 0. The molecule has 1 fully saturated rings. The third-order valence-electron chi connectivity index (χ3n) is 4.35. The fourth-order valence-corrected chi connectivity index (χ4v) is 3.57. The van der Waals surface area contributed by atoms with Crippen LogP contribution in [-0.4, -0.2) is 36.5 Å². The van der Waals surface area contributed by atoms with Crippen molar-refractivity contribution in [1.29, 1.82) is 0 Å². The number of hydrogen-bond donors (Lipinski definition) is 2. The molecule has 0 bridgehead atoms. The quantitative estimate of drug-likeness (QED) is 0.831. The smallest absolute Gasteiger partial charge is 0.322 e. The topological polar surface area (TPSA) is 70.7 Å². The largest absolute Gasteiger partial charge is 0.492 e. The zero-order valence-electron chi connectivity index (χ0n) is 14.7. The number of ether oxygens (including phenoxy) is 1. The minimum Gasteiger partial charge on any atom is -0.492 e. The molecule has 0 unspecified atom stereocenters. The number of carbonyl (C=O) groups excluding carboxylic acids is 2. The average molecular weight is 373 g/mol. The molecule has 1 aromatic carbocycles. The maximum atomic E-state index is 12.6. The van der Waals surface area contributed by atoms with Gasteiger partial charge >= 0.3 is 6.03 Å². The molecule has 0 radical (unpaired) electrons. The Bertz CT molecular complexity index is 740. The van der Waals surface area contributed by atoms with Gasteiger partial charge in [0, 0.05) is 19.0 Å². The number of carbonyl (C=O) groups is 2. The molecule has 2 heterocycles. The molecular weight excluding hydrogens is 350 g/mol.